The molecule has 7 aromatic carbocycles. The van der Waals surface area contributed by atoms with Gasteiger partial charge in [0.2, 0.25) is 0 Å². The second-order valence-electron chi connectivity index (χ2n) is 16.0. The van der Waals surface area contributed by atoms with Gasteiger partial charge in [0, 0.05) is 28.9 Å². The van der Waals surface area contributed by atoms with Gasteiger partial charge >= 0.3 is 20.1 Å². The summed E-state index contributed by atoms with van der Waals surface area (Å²) >= 11 is 0. The van der Waals surface area contributed by atoms with Gasteiger partial charge in [0.15, 0.2) is 0 Å². The van der Waals surface area contributed by atoms with E-state index >= 15 is 0 Å². The van der Waals surface area contributed by atoms with Gasteiger partial charge in [-0.3, -0.25) is 15.0 Å². The molecule has 0 spiro atoms. The smallest absolute Gasteiger partial charge is 0.501 e. The van der Waals surface area contributed by atoms with E-state index in [-0.39, 0.29) is 20.1 Å². The van der Waals surface area contributed by atoms with Crippen LogP contribution in [-0.2, 0) is 30.9 Å². The summed E-state index contributed by atoms with van der Waals surface area (Å²) in [5.74, 6) is 0. The predicted molar refractivity (Wildman–Crippen MR) is 246 cm³/mol. The first kappa shape index (κ1) is 39.1. The first-order valence-corrected chi connectivity index (χ1v) is 20.6. The van der Waals surface area contributed by atoms with Crippen molar-refractivity contribution in [3.05, 3.63) is 246 Å². The average molecular weight is 973 g/mol. The molecule has 0 amide bonds. The van der Waals surface area contributed by atoms with Crippen LogP contribution < -0.4 is 0 Å². The van der Waals surface area contributed by atoms with Crippen molar-refractivity contribution >= 4 is 43.5 Å². The van der Waals surface area contributed by atoms with Crippen LogP contribution in [0.5, 0.6) is 0 Å². The third kappa shape index (κ3) is 6.44. The topological polar surface area (TPSA) is 51.8 Å². The quantitative estimate of drug-likeness (QED) is 0.112. The minimum Gasteiger partial charge on any atom is -0.501 e. The Labute approximate surface area is 374 Å². The molecule has 0 bridgehead atoms. The van der Waals surface area contributed by atoms with Crippen LogP contribution in [0.2, 0.25) is 0 Å². The molecule has 0 aliphatic rings. The summed E-state index contributed by atoms with van der Waals surface area (Å²) < 4.78 is 7.02. The molecular weight excluding hydrogens is 935 g/mol. The third-order valence-corrected chi connectivity index (χ3v) is 12.5. The Balaban J connectivity index is 0.00000458. The molecule has 4 aromatic heterocycles. The van der Waals surface area contributed by atoms with Gasteiger partial charge in [0.1, 0.15) is 5.58 Å². The molecule has 11 rings (SSSR count). The van der Waals surface area contributed by atoms with Gasteiger partial charge in [0.05, 0.1) is 22.4 Å². The first-order chi connectivity index (χ1) is 30.0. The zero-order valence-electron chi connectivity index (χ0n) is 34.1. The van der Waals surface area contributed by atoms with Gasteiger partial charge in [-0.25, -0.2) is 0 Å². The van der Waals surface area contributed by atoms with Crippen LogP contribution in [0.3, 0.4) is 0 Å². The molecule has 0 saturated carbocycles. The zero-order chi connectivity index (χ0) is 41.0. The van der Waals surface area contributed by atoms with E-state index in [1.54, 1.807) is 0 Å². The largest absolute Gasteiger partial charge is 3.00 e. The summed E-state index contributed by atoms with van der Waals surface area (Å²) in [7, 11) is 0. The standard InChI is InChI=1S/C57H38N3O.Ir/c1-56(42-20-8-4-9-21-42,52-26-14-15-31-58-52)44-35-48-47-33-41-29-28-39-19-12-13-24-45(39)46(41)37-51(47)61-55(48)49(36-44)50-25-16-27-53(60-50)57(2,43-22-10-5-11-23-43)54-34-40(30-32-59-54)38-17-6-3-7-18-38;/h3-20,22,24-35,37H,1-2H3;/q-3;+3. The van der Waals surface area contributed by atoms with Gasteiger partial charge in [-0.1, -0.05) is 95.9 Å². The predicted octanol–water partition coefficient (Wildman–Crippen LogP) is 13.5. The van der Waals surface area contributed by atoms with Gasteiger partial charge in [-0.2, -0.15) is 60.7 Å². The molecule has 62 heavy (non-hydrogen) atoms. The van der Waals surface area contributed by atoms with Crippen molar-refractivity contribution in [3.63, 3.8) is 0 Å². The van der Waals surface area contributed by atoms with E-state index in [9.17, 15) is 0 Å². The van der Waals surface area contributed by atoms with Crippen molar-refractivity contribution in [1.82, 2.24) is 15.0 Å². The number of hydrogen-bond donors (Lipinski definition) is 0. The molecule has 4 heterocycles. The molecule has 2 atom stereocenters. The number of nitrogens with zero attached hydrogens (tertiary/aromatic N) is 3. The van der Waals surface area contributed by atoms with Crippen molar-refractivity contribution in [2.45, 2.75) is 24.7 Å². The molecular formula is C57H38IrN3O. The number of aromatic nitrogens is 3. The number of benzene rings is 7. The second kappa shape index (κ2) is 15.8. The van der Waals surface area contributed by atoms with Gasteiger partial charge in [-0.05, 0) is 94.7 Å². The summed E-state index contributed by atoms with van der Waals surface area (Å²) in [4.78, 5) is 15.6. The van der Waals surface area contributed by atoms with Crippen LogP contribution in [0.25, 0.3) is 65.9 Å². The Morgan fingerprint density at radius 2 is 1.18 bits per heavy atom. The van der Waals surface area contributed by atoms with Crippen LogP contribution in [0.4, 0.5) is 0 Å². The van der Waals surface area contributed by atoms with E-state index in [1.165, 1.54) is 10.8 Å². The molecule has 5 heteroatoms. The van der Waals surface area contributed by atoms with Crippen molar-refractivity contribution < 1.29 is 24.5 Å². The molecule has 0 fully saturated rings. The van der Waals surface area contributed by atoms with Crippen molar-refractivity contribution in [2.24, 2.45) is 0 Å². The van der Waals surface area contributed by atoms with Crippen LogP contribution in [0.1, 0.15) is 47.6 Å². The van der Waals surface area contributed by atoms with Gasteiger partial charge < -0.3 is 4.42 Å². The van der Waals surface area contributed by atoms with Crippen LogP contribution in [0.15, 0.2) is 199 Å². The summed E-state index contributed by atoms with van der Waals surface area (Å²) in [5.41, 5.74) is 9.21. The van der Waals surface area contributed by atoms with Crippen molar-refractivity contribution in [2.75, 3.05) is 0 Å². The number of furan rings is 1. The molecule has 0 aliphatic heterocycles. The van der Waals surface area contributed by atoms with E-state index in [0.29, 0.717) is 0 Å². The van der Waals surface area contributed by atoms with E-state index in [4.69, 9.17) is 19.4 Å². The molecule has 0 N–H and O–H groups in total. The number of hydrogen-bond acceptors (Lipinski definition) is 4. The number of rotatable bonds is 8. The van der Waals surface area contributed by atoms with E-state index < -0.39 is 10.8 Å². The SMILES string of the molecule is CC(c1[c-]cccc1)(c1[c-]c(-c2cccc(C(C)(c3[c-]cccc3)c3cc(-c4ccccc4)ccn3)n2)c2oc3cc4c(ccc5ccccc54)cc3c2c1)c1ccccn1.[Ir+3]. The molecule has 0 saturated heterocycles. The Bertz CT molecular complexity index is 3350. The molecule has 296 valence electrons. The monoisotopic (exact) mass is 973 g/mol. The third-order valence-electron chi connectivity index (χ3n) is 12.5. The van der Waals surface area contributed by atoms with E-state index in [0.717, 1.165) is 88.9 Å². The molecule has 0 radical (unpaired) electrons. The maximum Gasteiger partial charge on any atom is 3.00 e. The number of pyridine rings is 3. The molecule has 11 aromatic rings. The Morgan fingerprint density at radius 1 is 0.468 bits per heavy atom. The Morgan fingerprint density at radius 3 is 1.95 bits per heavy atom. The van der Waals surface area contributed by atoms with Crippen molar-refractivity contribution in [1.29, 1.82) is 0 Å². The summed E-state index contributed by atoms with van der Waals surface area (Å²) in [6.07, 6.45) is 3.75. The van der Waals surface area contributed by atoms with E-state index in [1.807, 2.05) is 54.9 Å². The van der Waals surface area contributed by atoms with Crippen LogP contribution in [0, 0.1) is 18.2 Å². The van der Waals surface area contributed by atoms with Crippen molar-refractivity contribution in [3.8, 4) is 22.4 Å². The minimum absolute atomic E-state index is 0. The number of fused-ring (bicyclic) bond motifs is 6. The first-order valence-electron chi connectivity index (χ1n) is 20.6. The van der Waals surface area contributed by atoms with Gasteiger partial charge in [-0.15, -0.1) is 28.8 Å². The molecule has 4 nitrogen and oxygen atoms in total. The maximum absolute atomic E-state index is 7.02. The fraction of sp³-hybridized carbons (Fsp3) is 0.0702. The summed E-state index contributed by atoms with van der Waals surface area (Å²) in [6, 6.07) is 73.9. The molecule has 2 unspecified atom stereocenters. The second-order valence-corrected chi connectivity index (χ2v) is 16.0. The maximum atomic E-state index is 7.02. The van der Waals surface area contributed by atoms with Gasteiger partial charge in [0.25, 0.3) is 0 Å². The normalized spacial score (nSPS) is 13.5. The fourth-order valence-electron chi connectivity index (χ4n) is 9.03. The van der Waals surface area contributed by atoms with Crippen LogP contribution in [-0.4, -0.2) is 15.0 Å². The summed E-state index contributed by atoms with van der Waals surface area (Å²) in [6.45, 7) is 4.40. The Kier molecular flexibility index (Phi) is 9.95. The summed E-state index contributed by atoms with van der Waals surface area (Å²) in [5, 5.41) is 6.68. The van der Waals surface area contributed by atoms with Crippen LogP contribution >= 0.6 is 0 Å². The van der Waals surface area contributed by atoms with E-state index in [2.05, 4.69) is 172 Å². The Hall–Kier alpha value is -7.04. The average Bonchev–Trinajstić information content (AvgIpc) is 3.71. The zero-order valence-corrected chi connectivity index (χ0v) is 36.5. The fourth-order valence-corrected chi connectivity index (χ4v) is 9.03. The molecule has 0 aliphatic carbocycles. The minimum atomic E-state index is -0.771.